The molecule has 0 amide bonds. The van der Waals surface area contributed by atoms with Gasteiger partial charge in [-0.2, -0.15) is 0 Å². The third-order valence-electron chi connectivity index (χ3n) is 4.92. The predicted octanol–water partition coefficient (Wildman–Crippen LogP) is 3.97. The summed E-state index contributed by atoms with van der Waals surface area (Å²) in [7, 11) is 0. The number of benzene rings is 1. The molecule has 1 heterocycles. The zero-order valence-corrected chi connectivity index (χ0v) is 13.0. The topological polar surface area (TPSA) is 44.5 Å². The summed E-state index contributed by atoms with van der Waals surface area (Å²) >= 11 is 0. The van der Waals surface area contributed by atoms with Crippen molar-refractivity contribution >= 4 is 0 Å². The van der Waals surface area contributed by atoms with E-state index in [0.717, 1.165) is 30.8 Å². The van der Waals surface area contributed by atoms with Crippen molar-refractivity contribution in [2.75, 3.05) is 6.61 Å². The third-order valence-corrected chi connectivity index (χ3v) is 4.92. The van der Waals surface area contributed by atoms with E-state index in [-0.39, 0.29) is 17.7 Å². The standard InChI is InChI=1S/C18H27NO2/c1-14(19)15-5-7-16(8-6-15)21-17-9-12-20-18(13-17)10-3-2-4-11-18/h5-8,14,17H,2-4,9-13,19H2,1H3/t14-,17?/m1/s1. The monoisotopic (exact) mass is 289 g/mol. The Morgan fingerprint density at radius 3 is 2.57 bits per heavy atom. The number of rotatable bonds is 3. The van der Waals surface area contributed by atoms with Gasteiger partial charge in [0.1, 0.15) is 11.9 Å². The molecule has 1 unspecified atom stereocenters. The zero-order valence-electron chi connectivity index (χ0n) is 13.0. The average Bonchev–Trinajstić information content (AvgIpc) is 2.49. The molecule has 0 radical (unpaired) electrons. The van der Waals surface area contributed by atoms with Crippen LogP contribution in [0.15, 0.2) is 24.3 Å². The van der Waals surface area contributed by atoms with E-state index in [1.165, 1.54) is 32.1 Å². The largest absolute Gasteiger partial charge is 0.490 e. The Balaban J connectivity index is 1.61. The summed E-state index contributed by atoms with van der Waals surface area (Å²) in [6.07, 6.45) is 8.70. The van der Waals surface area contributed by atoms with Crippen molar-refractivity contribution in [1.82, 2.24) is 0 Å². The molecule has 2 atom stereocenters. The first-order chi connectivity index (χ1) is 10.2. The molecule has 1 aliphatic heterocycles. The van der Waals surface area contributed by atoms with Crippen molar-refractivity contribution in [2.24, 2.45) is 5.73 Å². The van der Waals surface area contributed by atoms with Crippen molar-refractivity contribution in [2.45, 2.75) is 69.6 Å². The van der Waals surface area contributed by atoms with Crippen molar-refractivity contribution in [3.63, 3.8) is 0 Å². The van der Waals surface area contributed by atoms with Gasteiger partial charge in [0.15, 0.2) is 0 Å². The van der Waals surface area contributed by atoms with Crippen LogP contribution in [0.3, 0.4) is 0 Å². The maximum atomic E-state index is 6.20. The SMILES string of the molecule is C[C@@H](N)c1ccc(OC2CCOC3(CCCCC3)C2)cc1. The van der Waals surface area contributed by atoms with E-state index in [1.807, 2.05) is 19.1 Å². The van der Waals surface area contributed by atoms with Crippen LogP contribution in [0.5, 0.6) is 5.75 Å². The van der Waals surface area contributed by atoms with Gasteiger partial charge in [-0.25, -0.2) is 0 Å². The summed E-state index contributed by atoms with van der Waals surface area (Å²) in [5.74, 6) is 0.956. The fraction of sp³-hybridized carbons (Fsp3) is 0.667. The molecule has 3 heteroatoms. The van der Waals surface area contributed by atoms with Crippen LogP contribution >= 0.6 is 0 Å². The lowest BCUT2D eigenvalue weighted by atomic mass is 9.79. The summed E-state index contributed by atoms with van der Waals surface area (Å²) in [6, 6.07) is 8.29. The molecular weight excluding hydrogens is 262 g/mol. The quantitative estimate of drug-likeness (QED) is 0.915. The van der Waals surface area contributed by atoms with E-state index in [1.54, 1.807) is 0 Å². The normalized spacial score (nSPS) is 26.5. The molecule has 0 aromatic heterocycles. The van der Waals surface area contributed by atoms with E-state index in [9.17, 15) is 0 Å². The van der Waals surface area contributed by atoms with E-state index >= 15 is 0 Å². The fourth-order valence-corrected chi connectivity index (χ4v) is 3.67. The number of hydrogen-bond donors (Lipinski definition) is 1. The maximum absolute atomic E-state index is 6.20. The second-order valence-electron chi connectivity index (χ2n) is 6.68. The second-order valence-corrected chi connectivity index (χ2v) is 6.68. The van der Waals surface area contributed by atoms with Gasteiger partial charge in [-0.15, -0.1) is 0 Å². The highest BCUT2D eigenvalue weighted by Crippen LogP contribution is 2.39. The van der Waals surface area contributed by atoms with Gasteiger partial charge >= 0.3 is 0 Å². The molecule has 0 bridgehead atoms. The molecule has 2 aliphatic rings. The summed E-state index contributed by atoms with van der Waals surface area (Å²) in [4.78, 5) is 0. The minimum atomic E-state index is 0.0765. The molecule has 3 rings (SSSR count). The molecule has 1 spiro atoms. The van der Waals surface area contributed by atoms with E-state index < -0.39 is 0 Å². The van der Waals surface area contributed by atoms with Crippen molar-refractivity contribution < 1.29 is 9.47 Å². The smallest absolute Gasteiger partial charge is 0.119 e. The lowest BCUT2D eigenvalue weighted by molar-refractivity contribution is -0.129. The number of nitrogens with two attached hydrogens (primary N) is 1. The molecule has 1 saturated heterocycles. The highest BCUT2D eigenvalue weighted by molar-refractivity contribution is 5.29. The molecule has 116 valence electrons. The van der Waals surface area contributed by atoms with Crippen molar-refractivity contribution in [3.05, 3.63) is 29.8 Å². The first-order valence-corrected chi connectivity index (χ1v) is 8.33. The van der Waals surface area contributed by atoms with E-state index in [4.69, 9.17) is 15.2 Å². The van der Waals surface area contributed by atoms with Crippen LogP contribution in [0.25, 0.3) is 0 Å². The predicted molar refractivity (Wildman–Crippen MR) is 84.5 cm³/mol. The second kappa shape index (κ2) is 6.37. The van der Waals surface area contributed by atoms with Gasteiger partial charge in [0.2, 0.25) is 0 Å². The van der Waals surface area contributed by atoms with Gasteiger partial charge < -0.3 is 15.2 Å². The maximum Gasteiger partial charge on any atom is 0.119 e. The zero-order chi connectivity index (χ0) is 14.7. The van der Waals surface area contributed by atoms with Crippen LogP contribution in [0.1, 0.15) is 63.5 Å². The fourth-order valence-electron chi connectivity index (χ4n) is 3.67. The minimum Gasteiger partial charge on any atom is -0.490 e. The highest BCUT2D eigenvalue weighted by Gasteiger charge is 2.39. The van der Waals surface area contributed by atoms with Crippen LogP contribution in [-0.2, 0) is 4.74 Å². The number of ether oxygens (including phenoxy) is 2. The van der Waals surface area contributed by atoms with Gasteiger partial charge in [-0.1, -0.05) is 31.4 Å². The Bertz CT molecular complexity index is 443. The molecule has 3 nitrogen and oxygen atoms in total. The first-order valence-electron chi connectivity index (χ1n) is 8.33. The van der Waals surface area contributed by atoms with Crippen LogP contribution in [0.4, 0.5) is 0 Å². The Kier molecular flexibility index (Phi) is 4.51. The Hall–Kier alpha value is -1.06. The Labute approximate surface area is 127 Å². The molecule has 1 aliphatic carbocycles. The van der Waals surface area contributed by atoms with Crippen LogP contribution < -0.4 is 10.5 Å². The summed E-state index contributed by atoms with van der Waals surface area (Å²) < 4.78 is 12.3. The van der Waals surface area contributed by atoms with E-state index in [2.05, 4.69) is 12.1 Å². The first kappa shape index (κ1) is 14.9. The minimum absolute atomic E-state index is 0.0765. The van der Waals surface area contributed by atoms with Crippen LogP contribution in [0.2, 0.25) is 0 Å². The molecule has 1 aromatic carbocycles. The third kappa shape index (κ3) is 3.58. The summed E-state index contributed by atoms with van der Waals surface area (Å²) in [5, 5.41) is 0. The van der Waals surface area contributed by atoms with Crippen molar-refractivity contribution in [3.8, 4) is 5.75 Å². The number of hydrogen-bond acceptors (Lipinski definition) is 3. The van der Waals surface area contributed by atoms with Gasteiger partial charge in [0, 0.05) is 18.9 Å². The van der Waals surface area contributed by atoms with Crippen LogP contribution in [0, 0.1) is 0 Å². The van der Waals surface area contributed by atoms with E-state index in [0.29, 0.717) is 0 Å². The average molecular weight is 289 g/mol. The lowest BCUT2D eigenvalue weighted by Crippen LogP contribution is -2.45. The molecule has 21 heavy (non-hydrogen) atoms. The Morgan fingerprint density at radius 2 is 1.90 bits per heavy atom. The molecule has 1 saturated carbocycles. The molecular formula is C18H27NO2. The summed E-state index contributed by atoms with van der Waals surface area (Å²) in [5.41, 5.74) is 7.14. The lowest BCUT2D eigenvalue weighted by Gasteiger charge is -2.43. The Morgan fingerprint density at radius 1 is 1.19 bits per heavy atom. The molecule has 1 aromatic rings. The summed E-state index contributed by atoms with van der Waals surface area (Å²) in [6.45, 7) is 2.84. The van der Waals surface area contributed by atoms with Gasteiger partial charge in [-0.05, 0) is 37.5 Å². The van der Waals surface area contributed by atoms with Crippen molar-refractivity contribution in [1.29, 1.82) is 0 Å². The molecule has 2 fully saturated rings. The van der Waals surface area contributed by atoms with Gasteiger partial charge in [0.25, 0.3) is 0 Å². The van der Waals surface area contributed by atoms with Crippen LogP contribution in [-0.4, -0.2) is 18.3 Å². The van der Waals surface area contributed by atoms with Gasteiger partial charge in [-0.3, -0.25) is 0 Å². The molecule has 2 N–H and O–H groups in total. The van der Waals surface area contributed by atoms with Gasteiger partial charge in [0.05, 0.1) is 12.2 Å². The highest BCUT2D eigenvalue weighted by atomic mass is 16.5.